The Kier molecular flexibility index (Phi) is 5.03. The van der Waals surface area contributed by atoms with Gasteiger partial charge in [-0.15, -0.1) is 0 Å². The van der Waals surface area contributed by atoms with Crippen LogP contribution >= 0.6 is 11.6 Å². The van der Waals surface area contributed by atoms with Gasteiger partial charge in [0, 0.05) is 5.69 Å². The van der Waals surface area contributed by atoms with Gasteiger partial charge in [-0.1, -0.05) is 23.7 Å². The molecule has 2 aromatic rings. The summed E-state index contributed by atoms with van der Waals surface area (Å²) in [5.74, 6) is 0.160. The molecule has 2 aromatic carbocycles. The first-order valence-electron chi connectivity index (χ1n) is 6.26. The molecule has 21 heavy (non-hydrogen) atoms. The Bertz CT molecular complexity index is 647. The van der Waals surface area contributed by atoms with Crippen LogP contribution in [0.4, 0.5) is 11.4 Å². The quantitative estimate of drug-likeness (QED) is 0.741. The van der Waals surface area contributed by atoms with Crippen LogP contribution in [0.3, 0.4) is 0 Å². The van der Waals surface area contributed by atoms with Crippen molar-refractivity contribution in [1.29, 1.82) is 0 Å². The van der Waals surface area contributed by atoms with E-state index in [0.717, 1.165) is 0 Å². The van der Waals surface area contributed by atoms with Crippen molar-refractivity contribution in [3.8, 4) is 5.75 Å². The van der Waals surface area contributed by atoms with E-state index in [1.807, 2.05) is 0 Å². The summed E-state index contributed by atoms with van der Waals surface area (Å²) in [5, 5.41) is 12.1. The molecule has 0 fully saturated rings. The molecule has 0 saturated heterocycles. The van der Waals surface area contributed by atoms with Crippen molar-refractivity contribution in [2.75, 3.05) is 17.7 Å². The van der Waals surface area contributed by atoms with E-state index in [-0.39, 0.29) is 19.1 Å². The Labute approximate surface area is 127 Å². The zero-order valence-corrected chi connectivity index (χ0v) is 11.9. The smallest absolute Gasteiger partial charge is 0.262 e. The number of carbonyl (C=O) groups excluding carboxylic acids is 1. The van der Waals surface area contributed by atoms with Crippen molar-refractivity contribution in [2.24, 2.45) is 0 Å². The van der Waals surface area contributed by atoms with E-state index in [4.69, 9.17) is 27.2 Å². The number of benzene rings is 2. The first-order valence-corrected chi connectivity index (χ1v) is 6.64. The highest BCUT2D eigenvalue weighted by molar-refractivity contribution is 6.33. The Balaban J connectivity index is 1.94. The van der Waals surface area contributed by atoms with Gasteiger partial charge < -0.3 is 20.9 Å². The maximum atomic E-state index is 11.8. The van der Waals surface area contributed by atoms with Crippen LogP contribution in [-0.2, 0) is 11.4 Å². The van der Waals surface area contributed by atoms with Gasteiger partial charge in [-0.2, -0.15) is 0 Å². The molecule has 0 saturated carbocycles. The molecule has 0 aliphatic heterocycles. The van der Waals surface area contributed by atoms with Gasteiger partial charge in [0.1, 0.15) is 5.75 Å². The number of aliphatic hydroxyl groups is 1. The third-order valence-corrected chi connectivity index (χ3v) is 3.05. The topological polar surface area (TPSA) is 84.6 Å². The van der Waals surface area contributed by atoms with Gasteiger partial charge >= 0.3 is 0 Å². The molecule has 0 spiro atoms. The molecule has 0 heterocycles. The minimum Gasteiger partial charge on any atom is -0.484 e. The highest BCUT2D eigenvalue weighted by Gasteiger charge is 2.07. The van der Waals surface area contributed by atoms with Crippen molar-refractivity contribution < 1.29 is 14.6 Å². The average Bonchev–Trinajstić information content (AvgIpc) is 2.49. The summed E-state index contributed by atoms with van der Waals surface area (Å²) >= 11 is 5.96. The SMILES string of the molecule is Nc1ccc(Cl)c(NC(=O)COc2cccc(CO)c2)c1. The Morgan fingerprint density at radius 3 is 2.86 bits per heavy atom. The van der Waals surface area contributed by atoms with Crippen molar-refractivity contribution in [3.63, 3.8) is 0 Å². The van der Waals surface area contributed by atoms with Crippen LogP contribution in [0.1, 0.15) is 5.56 Å². The molecule has 0 atom stereocenters. The lowest BCUT2D eigenvalue weighted by Gasteiger charge is -2.10. The van der Waals surface area contributed by atoms with Crippen molar-refractivity contribution >= 4 is 28.9 Å². The first kappa shape index (κ1) is 15.2. The summed E-state index contributed by atoms with van der Waals surface area (Å²) in [6.07, 6.45) is 0. The molecule has 2 rings (SSSR count). The fourth-order valence-electron chi connectivity index (χ4n) is 1.71. The number of rotatable bonds is 5. The summed E-state index contributed by atoms with van der Waals surface area (Å²) < 4.78 is 5.36. The number of halogens is 1. The van der Waals surface area contributed by atoms with Crippen LogP contribution in [0.2, 0.25) is 5.02 Å². The molecule has 0 radical (unpaired) electrons. The third-order valence-electron chi connectivity index (χ3n) is 2.72. The molecule has 0 aromatic heterocycles. The van der Waals surface area contributed by atoms with E-state index in [1.165, 1.54) is 0 Å². The summed E-state index contributed by atoms with van der Waals surface area (Å²) in [5.41, 5.74) is 7.29. The summed E-state index contributed by atoms with van der Waals surface area (Å²) in [6.45, 7) is -0.248. The maximum absolute atomic E-state index is 11.8. The molecule has 6 heteroatoms. The predicted octanol–water partition coefficient (Wildman–Crippen LogP) is 2.43. The van der Waals surface area contributed by atoms with Gasteiger partial charge in [-0.25, -0.2) is 0 Å². The number of nitrogen functional groups attached to an aromatic ring is 1. The lowest BCUT2D eigenvalue weighted by atomic mass is 10.2. The molecular formula is C15H15ClN2O3. The Morgan fingerprint density at radius 2 is 2.10 bits per heavy atom. The molecule has 110 valence electrons. The highest BCUT2D eigenvalue weighted by Crippen LogP contribution is 2.24. The lowest BCUT2D eigenvalue weighted by molar-refractivity contribution is -0.118. The van der Waals surface area contributed by atoms with Gasteiger partial charge in [0.05, 0.1) is 17.3 Å². The summed E-state index contributed by atoms with van der Waals surface area (Å²) in [6, 6.07) is 11.7. The van der Waals surface area contributed by atoms with Gasteiger partial charge in [0.2, 0.25) is 0 Å². The van der Waals surface area contributed by atoms with Crippen LogP contribution in [-0.4, -0.2) is 17.6 Å². The van der Waals surface area contributed by atoms with E-state index in [2.05, 4.69) is 5.32 Å². The lowest BCUT2D eigenvalue weighted by Crippen LogP contribution is -2.20. The van der Waals surface area contributed by atoms with Crippen LogP contribution in [0.25, 0.3) is 0 Å². The minimum atomic E-state index is -0.350. The fraction of sp³-hybridized carbons (Fsp3) is 0.133. The van der Waals surface area contributed by atoms with E-state index in [0.29, 0.717) is 27.7 Å². The number of ether oxygens (including phenoxy) is 1. The molecule has 4 N–H and O–H groups in total. The standard InChI is InChI=1S/C15H15ClN2O3/c16-13-5-4-11(17)7-14(13)18-15(20)9-21-12-3-1-2-10(6-12)8-19/h1-7,19H,8-9,17H2,(H,18,20). The second-order valence-electron chi connectivity index (χ2n) is 4.38. The fourth-order valence-corrected chi connectivity index (χ4v) is 1.87. The molecule has 0 bridgehead atoms. The zero-order chi connectivity index (χ0) is 15.2. The van der Waals surface area contributed by atoms with Crippen LogP contribution in [0.15, 0.2) is 42.5 Å². The molecule has 0 aliphatic rings. The van der Waals surface area contributed by atoms with Crippen LogP contribution in [0.5, 0.6) is 5.75 Å². The number of amides is 1. The number of aliphatic hydroxyl groups excluding tert-OH is 1. The third kappa shape index (κ3) is 4.37. The second kappa shape index (κ2) is 6.97. The van der Waals surface area contributed by atoms with E-state index < -0.39 is 0 Å². The van der Waals surface area contributed by atoms with Gasteiger partial charge in [0.15, 0.2) is 6.61 Å². The first-order chi connectivity index (χ1) is 10.1. The van der Waals surface area contributed by atoms with Crippen molar-refractivity contribution in [2.45, 2.75) is 6.61 Å². The molecular weight excluding hydrogens is 292 g/mol. The van der Waals surface area contributed by atoms with E-state index in [1.54, 1.807) is 42.5 Å². The van der Waals surface area contributed by atoms with E-state index >= 15 is 0 Å². The van der Waals surface area contributed by atoms with Gasteiger partial charge in [0.25, 0.3) is 5.91 Å². The zero-order valence-electron chi connectivity index (χ0n) is 11.2. The number of carbonyl (C=O) groups is 1. The monoisotopic (exact) mass is 306 g/mol. The summed E-state index contributed by atoms with van der Waals surface area (Å²) in [4.78, 5) is 11.8. The predicted molar refractivity (Wildman–Crippen MR) is 82.4 cm³/mol. The number of nitrogens with one attached hydrogen (secondary N) is 1. The highest BCUT2D eigenvalue weighted by atomic mass is 35.5. The molecule has 0 aliphatic carbocycles. The Hall–Kier alpha value is -2.24. The average molecular weight is 307 g/mol. The number of nitrogens with two attached hydrogens (primary N) is 1. The number of hydrogen-bond donors (Lipinski definition) is 3. The van der Waals surface area contributed by atoms with Gasteiger partial charge in [-0.05, 0) is 35.9 Å². The largest absolute Gasteiger partial charge is 0.484 e. The van der Waals surface area contributed by atoms with Crippen LogP contribution in [0, 0.1) is 0 Å². The maximum Gasteiger partial charge on any atom is 0.262 e. The molecule has 0 unspecified atom stereocenters. The van der Waals surface area contributed by atoms with Crippen molar-refractivity contribution in [3.05, 3.63) is 53.1 Å². The number of anilines is 2. The molecule has 1 amide bonds. The minimum absolute atomic E-state index is 0.0811. The molecule has 5 nitrogen and oxygen atoms in total. The normalized spacial score (nSPS) is 10.2. The van der Waals surface area contributed by atoms with Crippen molar-refractivity contribution in [1.82, 2.24) is 0 Å². The number of hydrogen-bond acceptors (Lipinski definition) is 4. The van der Waals surface area contributed by atoms with Crippen LogP contribution < -0.4 is 15.8 Å². The second-order valence-corrected chi connectivity index (χ2v) is 4.79. The Morgan fingerprint density at radius 1 is 1.29 bits per heavy atom. The van der Waals surface area contributed by atoms with Gasteiger partial charge in [-0.3, -0.25) is 4.79 Å². The van der Waals surface area contributed by atoms with E-state index in [9.17, 15) is 4.79 Å². The summed E-state index contributed by atoms with van der Waals surface area (Å²) in [7, 11) is 0.